The fraction of sp³-hybridized carbons (Fsp3) is 0.875. The van der Waals surface area contributed by atoms with Crippen LogP contribution in [-0.2, 0) is 9.63 Å². The third kappa shape index (κ3) is 6.12. The molecule has 0 aromatic heterocycles. The van der Waals surface area contributed by atoms with Gasteiger partial charge >= 0.3 is 0 Å². The van der Waals surface area contributed by atoms with Crippen molar-refractivity contribution in [2.45, 2.75) is 39.2 Å². The molecule has 72 valence electrons. The van der Waals surface area contributed by atoms with E-state index in [9.17, 15) is 4.79 Å². The highest BCUT2D eigenvalue weighted by molar-refractivity contribution is 5.75. The van der Waals surface area contributed by atoms with E-state index in [0.29, 0.717) is 13.0 Å². The van der Waals surface area contributed by atoms with Crippen molar-refractivity contribution < 1.29 is 9.63 Å². The minimum atomic E-state index is -0.115. The normalized spacial score (nSPS) is 12.6. The Hall–Kier alpha value is -0.610. The van der Waals surface area contributed by atoms with Crippen molar-refractivity contribution in [3.8, 4) is 0 Å². The molecule has 0 aliphatic carbocycles. The zero-order valence-corrected chi connectivity index (χ0v) is 7.80. The average molecular weight is 174 g/mol. The van der Waals surface area contributed by atoms with Crippen LogP contribution < -0.4 is 11.2 Å². The Morgan fingerprint density at radius 1 is 1.67 bits per heavy atom. The zero-order valence-electron chi connectivity index (χ0n) is 7.80. The summed E-state index contributed by atoms with van der Waals surface area (Å²) in [4.78, 5) is 15.5. The summed E-state index contributed by atoms with van der Waals surface area (Å²) in [5.74, 6) is 4.98. The van der Waals surface area contributed by atoms with Crippen LogP contribution in [0.5, 0.6) is 0 Å². The first-order valence-corrected chi connectivity index (χ1v) is 4.33. The standard InChI is InChI=1S/C8H18N2O2/c1-3-4-5-8(11)10-6-7(2)12-9/h7H,3-6,9H2,1-2H3,(H,10,11). The molecule has 0 bridgehead atoms. The number of rotatable bonds is 6. The summed E-state index contributed by atoms with van der Waals surface area (Å²) in [5.41, 5.74) is 0. The van der Waals surface area contributed by atoms with E-state index in [2.05, 4.69) is 17.1 Å². The topological polar surface area (TPSA) is 64.3 Å². The molecule has 3 N–H and O–H groups in total. The van der Waals surface area contributed by atoms with Gasteiger partial charge in [0.25, 0.3) is 0 Å². The SMILES string of the molecule is CCCCC(=O)NCC(C)ON. The number of unbranched alkanes of at least 4 members (excludes halogenated alkanes) is 1. The van der Waals surface area contributed by atoms with E-state index in [-0.39, 0.29) is 12.0 Å². The van der Waals surface area contributed by atoms with Gasteiger partial charge < -0.3 is 5.32 Å². The molecule has 4 heteroatoms. The van der Waals surface area contributed by atoms with Crippen molar-refractivity contribution in [1.82, 2.24) is 5.32 Å². The second-order valence-electron chi connectivity index (χ2n) is 2.85. The Kier molecular flexibility index (Phi) is 6.70. The highest BCUT2D eigenvalue weighted by atomic mass is 16.6. The molecular formula is C8H18N2O2. The summed E-state index contributed by atoms with van der Waals surface area (Å²) < 4.78 is 0. The van der Waals surface area contributed by atoms with Crippen molar-refractivity contribution in [2.24, 2.45) is 5.90 Å². The van der Waals surface area contributed by atoms with Crippen molar-refractivity contribution in [1.29, 1.82) is 0 Å². The van der Waals surface area contributed by atoms with E-state index in [1.807, 2.05) is 0 Å². The number of carbonyl (C=O) groups is 1. The predicted molar refractivity (Wildman–Crippen MR) is 47.3 cm³/mol. The van der Waals surface area contributed by atoms with Gasteiger partial charge in [-0.25, -0.2) is 5.90 Å². The van der Waals surface area contributed by atoms with Gasteiger partial charge in [0.05, 0.1) is 6.10 Å². The van der Waals surface area contributed by atoms with Gasteiger partial charge in [0.1, 0.15) is 0 Å². The molecular weight excluding hydrogens is 156 g/mol. The van der Waals surface area contributed by atoms with Crippen molar-refractivity contribution in [2.75, 3.05) is 6.54 Å². The van der Waals surface area contributed by atoms with Crippen LogP contribution in [0, 0.1) is 0 Å². The number of carbonyl (C=O) groups excluding carboxylic acids is 1. The van der Waals surface area contributed by atoms with Gasteiger partial charge in [0, 0.05) is 13.0 Å². The number of nitrogens with one attached hydrogen (secondary N) is 1. The van der Waals surface area contributed by atoms with E-state index in [1.54, 1.807) is 6.92 Å². The molecule has 0 aliphatic rings. The van der Waals surface area contributed by atoms with E-state index >= 15 is 0 Å². The Labute approximate surface area is 73.4 Å². The Bertz CT molecular complexity index is 128. The maximum atomic E-state index is 11.0. The number of hydrogen-bond donors (Lipinski definition) is 2. The van der Waals surface area contributed by atoms with Crippen LogP contribution in [0.15, 0.2) is 0 Å². The summed E-state index contributed by atoms with van der Waals surface area (Å²) in [6.07, 6.45) is 2.45. The second kappa shape index (κ2) is 7.06. The third-order valence-electron chi connectivity index (χ3n) is 1.58. The predicted octanol–water partition coefficient (Wildman–Crippen LogP) is 0.572. The molecule has 1 atom stereocenters. The van der Waals surface area contributed by atoms with Crippen molar-refractivity contribution in [3.63, 3.8) is 0 Å². The van der Waals surface area contributed by atoms with E-state index < -0.39 is 0 Å². The van der Waals surface area contributed by atoms with Crippen LogP contribution in [0.4, 0.5) is 0 Å². The average Bonchev–Trinajstić information content (AvgIpc) is 2.10. The molecule has 0 rings (SSSR count). The number of amides is 1. The lowest BCUT2D eigenvalue weighted by atomic mass is 10.2. The smallest absolute Gasteiger partial charge is 0.220 e. The molecule has 0 radical (unpaired) electrons. The Balaban J connectivity index is 3.31. The molecule has 1 unspecified atom stereocenters. The minimum absolute atomic E-state index is 0.0701. The molecule has 1 amide bonds. The summed E-state index contributed by atoms with van der Waals surface area (Å²) in [5, 5.41) is 2.72. The maximum Gasteiger partial charge on any atom is 0.220 e. The first-order chi connectivity index (χ1) is 5.70. The zero-order chi connectivity index (χ0) is 9.40. The summed E-state index contributed by atoms with van der Waals surface area (Å²) in [6, 6.07) is 0. The monoisotopic (exact) mass is 174 g/mol. The van der Waals surface area contributed by atoms with Gasteiger partial charge in [0.15, 0.2) is 0 Å². The van der Waals surface area contributed by atoms with E-state index in [0.717, 1.165) is 12.8 Å². The molecule has 0 aliphatic heterocycles. The molecule has 12 heavy (non-hydrogen) atoms. The summed E-state index contributed by atoms with van der Waals surface area (Å²) in [6.45, 7) is 4.35. The molecule has 0 spiro atoms. The van der Waals surface area contributed by atoms with Crippen LogP contribution in [0.25, 0.3) is 0 Å². The van der Waals surface area contributed by atoms with Crippen LogP contribution in [0.1, 0.15) is 33.1 Å². The van der Waals surface area contributed by atoms with Gasteiger partial charge in [-0.2, -0.15) is 0 Å². The summed E-state index contributed by atoms with van der Waals surface area (Å²) >= 11 is 0. The van der Waals surface area contributed by atoms with Crippen LogP contribution in [-0.4, -0.2) is 18.6 Å². The first-order valence-electron chi connectivity index (χ1n) is 4.33. The quantitative estimate of drug-likeness (QED) is 0.579. The molecule has 4 nitrogen and oxygen atoms in total. The summed E-state index contributed by atoms with van der Waals surface area (Å²) in [7, 11) is 0. The van der Waals surface area contributed by atoms with Crippen molar-refractivity contribution in [3.05, 3.63) is 0 Å². The van der Waals surface area contributed by atoms with Gasteiger partial charge in [-0.1, -0.05) is 13.3 Å². The molecule has 0 saturated heterocycles. The van der Waals surface area contributed by atoms with Crippen LogP contribution in [0.2, 0.25) is 0 Å². The lowest BCUT2D eigenvalue weighted by Gasteiger charge is -2.09. The second-order valence-corrected chi connectivity index (χ2v) is 2.85. The third-order valence-corrected chi connectivity index (χ3v) is 1.58. The lowest BCUT2D eigenvalue weighted by molar-refractivity contribution is -0.121. The number of hydrogen-bond acceptors (Lipinski definition) is 3. The lowest BCUT2D eigenvalue weighted by Crippen LogP contribution is -2.33. The highest BCUT2D eigenvalue weighted by Crippen LogP contribution is 1.93. The molecule has 0 aromatic carbocycles. The van der Waals surface area contributed by atoms with E-state index in [4.69, 9.17) is 5.90 Å². The number of nitrogens with two attached hydrogens (primary N) is 1. The fourth-order valence-electron chi connectivity index (χ4n) is 0.731. The van der Waals surface area contributed by atoms with Gasteiger partial charge in [-0.05, 0) is 13.3 Å². The first kappa shape index (κ1) is 11.4. The largest absolute Gasteiger partial charge is 0.353 e. The van der Waals surface area contributed by atoms with Crippen LogP contribution in [0.3, 0.4) is 0 Å². The van der Waals surface area contributed by atoms with Crippen LogP contribution >= 0.6 is 0 Å². The van der Waals surface area contributed by atoms with Crippen molar-refractivity contribution >= 4 is 5.91 Å². The minimum Gasteiger partial charge on any atom is -0.353 e. The Morgan fingerprint density at radius 2 is 2.33 bits per heavy atom. The molecule has 0 heterocycles. The maximum absolute atomic E-state index is 11.0. The van der Waals surface area contributed by atoms with Gasteiger partial charge in [0.2, 0.25) is 5.91 Å². The fourth-order valence-corrected chi connectivity index (χ4v) is 0.731. The molecule has 0 fully saturated rings. The van der Waals surface area contributed by atoms with Gasteiger partial charge in [-0.15, -0.1) is 0 Å². The van der Waals surface area contributed by atoms with Gasteiger partial charge in [-0.3, -0.25) is 9.63 Å². The van der Waals surface area contributed by atoms with E-state index in [1.165, 1.54) is 0 Å². The molecule has 0 aromatic rings. The Morgan fingerprint density at radius 3 is 2.83 bits per heavy atom. The highest BCUT2D eigenvalue weighted by Gasteiger charge is 2.03. The molecule has 0 saturated carbocycles.